The van der Waals surface area contributed by atoms with Crippen LogP contribution in [-0.2, 0) is 11.2 Å². The molecule has 0 saturated carbocycles. The molecule has 0 spiro atoms. The molecule has 0 aliphatic heterocycles. The van der Waals surface area contributed by atoms with Gasteiger partial charge in [-0.15, -0.1) is 0 Å². The van der Waals surface area contributed by atoms with Gasteiger partial charge in [-0.1, -0.05) is 60.7 Å². The van der Waals surface area contributed by atoms with E-state index in [9.17, 15) is 10.0 Å². The van der Waals surface area contributed by atoms with Crippen molar-refractivity contribution in [2.24, 2.45) is 0 Å². The molecule has 0 heterocycles. The van der Waals surface area contributed by atoms with Crippen LogP contribution in [0.3, 0.4) is 0 Å². The Morgan fingerprint density at radius 3 is 2.25 bits per heavy atom. The number of amides is 1. The summed E-state index contributed by atoms with van der Waals surface area (Å²) in [5.41, 5.74) is 2.02. The minimum Gasteiger partial charge on any atom is -0.286 e. The van der Waals surface area contributed by atoms with E-state index >= 15 is 0 Å². The van der Waals surface area contributed by atoms with Crippen molar-refractivity contribution >= 4 is 12.0 Å². The van der Waals surface area contributed by atoms with Crippen molar-refractivity contribution in [3.8, 4) is 0 Å². The van der Waals surface area contributed by atoms with Gasteiger partial charge in [-0.3, -0.25) is 10.0 Å². The molecular formula is C17H17NO2. The fraction of sp³-hybridized carbons (Fsp3) is 0.118. The molecule has 3 nitrogen and oxygen atoms in total. The van der Waals surface area contributed by atoms with Gasteiger partial charge >= 0.3 is 0 Å². The van der Waals surface area contributed by atoms with Gasteiger partial charge in [-0.05, 0) is 23.6 Å². The minimum atomic E-state index is -0.412. The maximum absolute atomic E-state index is 11.7. The lowest BCUT2D eigenvalue weighted by Crippen LogP contribution is -2.27. The fourth-order valence-electron chi connectivity index (χ4n) is 1.81. The molecule has 0 aromatic heterocycles. The molecule has 0 aliphatic rings. The van der Waals surface area contributed by atoms with E-state index in [-0.39, 0.29) is 6.54 Å². The Labute approximate surface area is 118 Å². The van der Waals surface area contributed by atoms with Crippen LogP contribution < -0.4 is 0 Å². The molecule has 20 heavy (non-hydrogen) atoms. The van der Waals surface area contributed by atoms with Crippen LogP contribution in [0.25, 0.3) is 6.08 Å². The van der Waals surface area contributed by atoms with Crippen LogP contribution in [0.15, 0.2) is 66.7 Å². The molecule has 2 rings (SSSR count). The summed E-state index contributed by atoms with van der Waals surface area (Å²) in [5.74, 6) is -0.412. The molecule has 0 radical (unpaired) electrons. The largest absolute Gasteiger partial charge is 0.286 e. The topological polar surface area (TPSA) is 40.5 Å². The Morgan fingerprint density at radius 2 is 1.60 bits per heavy atom. The summed E-state index contributed by atoms with van der Waals surface area (Å²) >= 11 is 0. The number of hydrogen-bond acceptors (Lipinski definition) is 2. The van der Waals surface area contributed by atoms with Gasteiger partial charge in [-0.25, -0.2) is 5.06 Å². The predicted octanol–water partition coefficient (Wildman–Crippen LogP) is 3.16. The van der Waals surface area contributed by atoms with Gasteiger partial charge in [0, 0.05) is 6.08 Å². The second-order valence-electron chi connectivity index (χ2n) is 4.44. The molecule has 0 saturated heterocycles. The maximum Gasteiger partial charge on any atom is 0.269 e. The lowest BCUT2D eigenvalue weighted by Gasteiger charge is -2.12. The highest BCUT2D eigenvalue weighted by Gasteiger charge is 2.06. The number of benzene rings is 2. The van der Waals surface area contributed by atoms with Crippen molar-refractivity contribution in [3.63, 3.8) is 0 Å². The van der Waals surface area contributed by atoms with Crippen molar-refractivity contribution in [2.75, 3.05) is 6.54 Å². The molecule has 1 amide bonds. The number of hydrogen-bond donors (Lipinski definition) is 1. The van der Waals surface area contributed by atoms with Gasteiger partial charge in [0.25, 0.3) is 5.91 Å². The Bertz CT molecular complexity index is 564. The van der Waals surface area contributed by atoms with Gasteiger partial charge in [0.2, 0.25) is 0 Å². The summed E-state index contributed by atoms with van der Waals surface area (Å²) in [7, 11) is 0. The van der Waals surface area contributed by atoms with E-state index in [2.05, 4.69) is 0 Å². The summed E-state index contributed by atoms with van der Waals surface area (Å²) in [5, 5.41) is 10.4. The molecule has 0 atom stereocenters. The highest BCUT2D eigenvalue weighted by atomic mass is 16.5. The molecule has 0 bridgehead atoms. The quantitative estimate of drug-likeness (QED) is 0.513. The van der Waals surface area contributed by atoms with E-state index in [1.807, 2.05) is 60.7 Å². The predicted molar refractivity (Wildman–Crippen MR) is 79.1 cm³/mol. The number of carbonyl (C=O) groups excluding carboxylic acids is 1. The Balaban J connectivity index is 1.85. The third-order valence-corrected chi connectivity index (χ3v) is 2.93. The van der Waals surface area contributed by atoms with Crippen LogP contribution in [0.4, 0.5) is 0 Å². The molecule has 1 N–H and O–H groups in total. The smallest absolute Gasteiger partial charge is 0.269 e. The summed E-state index contributed by atoms with van der Waals surface area (Å²) in [6.07, 6.45) is 3.69. The zero-order valence-corrected chi connectivity index (χ0v) is 11.1. The van der Waals surface area contributed by atoms with Crippen molar-refractivity contribution < 1.29 is 10.0 Å². The molecule has 102 valence electrons. The van der Waals surface area contributed by atoms with Crippen LogP contribution in [0.2, 0.25) is 0 Å². The van der Waals surface area contributed by atoms with Gasteiger partial charge in [0.1, 0.15) is 0 Å². The summed E-state index contributed by atoms with van der Waals surface area (Å²) in [6.45, 7) is 0.280. The Kier molecular flexibility index (Phi) is 5.09. The van der Waals surface area contributed by atoms with E-state index in [0.29, 0.717) is 6.42 Å². The second kappa shape index (κ2) is 7.26. The first-order valence-corrected chi connectivity index (χ1v) is 6.53. The van der Waals surface area contributed by atoms with Crippen LogP contribution in [-0.4, -0.2) is 22.7 Å². The first-order chi connectivity index (χ1) is 9.75. The molecule has 2 aromatic rings. The monoisotopic (exact) mass is 267 g/mol. The Hall–Kier alpha value is -2.39. The van der Waals surface area contributed by atoms with Crippen LogP contribution in [0.5, 0.6) is 0 Å². The first-order valence-electron chi connectivity index (χ1n) is 6.53. The number of nitrogens with zero attached hydrogens (tertiary/aromatic N) is 1. The van der Waals surface area contributed by atoms with E-state index in [0.717, 1.165) is 16.2 Å². The van der Waals surface area contributed by atoms with Gasteiger partial charge in [-0.2, -0.15) is 0 Å². The van der Waals surface area contributed by atoms with E-state index in [1.54, 1.807) is 6.08 Å². The van der Waals surface area contributed by atoms with Gasteiger partial charge in [0.05, 0.1) is 6.54 Å². The van der Waals surface area contributed by atoms with Crippen molar-refractivity contribution in [1.82, 2.24) is 5.06 Å². The molecule has 0 unspecified atom stereocenters. The number of hydroxylamine groups is 2. The molecule has 3 heteroatoms. The highest BCUT2D eigenvalue weighted by molar-refractivity contribution is 5.90. The van der Waals surface area contributed by atoms with E-state index < -0.39 is 5.91 Å². The van der Waals surface area contributed by atoms with Gasteiger partial charge in [0.15, 0.2) is 0 Å². The maximum atomic E-state index is 11.7. The summed E-state index contributed by atoms with van der Waals surface area (Å²) in [4.78, 5) is 11.7. The number of carbonyl (C=O) groups is 1. The van der Waals surface area contributed by atoms with Crippen molar-refractivity contribution in [1.29, 1.82) is 0 Å². The fourth-order valence-corrected chi connectivity index (χ4v) is 1.81. The lowest BCUT2D eigenvalue weighted by atomic mass is 10.1. The zero-order chi connectivity index (χ0) is 14.2. The van der Waals surface area contributed by atoms with Crippen LogP contribution in [0.1, 0.15) is 11.1 Å². The molecule has 0 fully saturated rings. The van der Waals surface area contributed by atoms with Crippen LogP contribution in [0, 0.1) is 0 Å². The number of rotatable bonds is 5. The van der Waals surface area contributed by atoms with Gasteiger partial charge < -0.3 is 0 Å². The van der Waals surface area contributed by atoms with E-state index in [4.69, 9.17) is 0 Å². The Morgan fingerprint density at radius 1 is 1.00 bits per heavy atom. The summed E-state index contributed by atoms with van der Waals surface area (Å²) in [6, 6.07) is 19.3. The second-order valence-corrected chi connectivity index (χ2v) is 4.44. The molecule has 2 aromatic carbocycles. The van der Waals surface area contributed by atoms with E-state index in [1.165, 1.54) is 6.08 Å². The van der Waals surface area contributed by atoms with Crippen molar-refractivity contribution in [3.05, 3.63) is 77.9 Å². The SMILES string of the molecule is O=C(C=Cc1ccccc1)N(O)CCc1ccccc1. The average Bonchev–Trinajstić information content (AvgIpc) is 2.52. The first kappa shape index (κ1) is 14.0. The highest BCUT2D eigenvalue weighted by Crippen LogP contribution is 2.03. The third-order valence-electron chi connectivity index (χ3n) is 2.93. The minimum absolute atomic E-state index is 0.280. The zero-order valence-electron chi connectivity index (χ0n) is 11.1. The average molecular weight is 267 g/mol. The van der Waals surface area contributed by atoms with Crippen LogP contribution >= 0.6 is 0 Å². The molecular weight excluding hydrogens is 250 g/mol. The molecule has 0 aliphatic carbocycles. The normalized spacial score (nSPS) is 10.7. The van der Waals surface area contributed by atoms with Crippen molar-refractivity contribution in [2.45, 2.75) is 6.42 Å². The third kappa shape index (κ3) is 4.37. The lowest BCUT2D eigenvalue weighted by molar-refractivity contribution is -0.158. The summed E-state index contributed by atoms with van der Waals surface area (Å²) < 4.78 is 0. The standard InChI is InChI=1S/C17H17NO2/c19-17(12-11-15-7-3-1-4-8-15)18(20)14-13-16-9-5-2-6-10-16/h1-12,20H,13-14H2.